The van der Waals surface area contributed by atoms with Crippen molar-refractivity contribution < 1.29 is 0 Å². The number of rotatable bonds is 6. The predicted molar refractivity (Wildman–Crippen MR) is 134 cm³/mol. The van der Waals surface area contributed by atoms with Crippen LogP contribution in [0.1, 0.15) is 84.5 Å². The Morgan fingerprint density at radius 3 is 2.48 bits per heavy atom. The van der Waals surface area contributed by atoms with E-state index in [1.165, 1.54) is 23.9 Å². The first-order valence-electron chi connectivity index (χ1n) is 12.6. The van der Waals surface area contributed by atoms with Crippen molar-refractivity contribution >= 4 is 39.2 Å². The first-order chi connectivity index (χ1) is 13.0. The molecule has 3 heteroatoms. The van der Waals surface area contributed by atoms with Crippen molar-refractivity contribution in [2.75, 3.05) is 0 Å². The van der Waals surface area contributed by atoms with Crippen LogP contribution in [0.2, 0.25) is 24.2 Å². The van der Waals surface area contributed by atoms with E-state index in [0.717, 1.165) is 39.4 Å². The Balaban J connectivity index is 1.41. The fourth-order valence-electron chi connectivity index (χ4n) is 8.65. The summed E-state index contributed by atoms with van der Waals surface area (Å²) in [5, 5.41) is 0. The highest BCUT2D eigenvalue weighted by molar-refractivity contribution is 14.1. The fourth-order valence-corrected chi connectivity index (χ4v) is 23.6. The second kappa shape index (κ2) is 9.12. The lowest BCUT2D eigenvalue weighted by atomic mass is 9.71. The molecular formula is C24H45ISi2. The van der Waals surface area contributed by atoms with E-state index in [1.807, 2.05) is 0 Å². The molecule has 4 saturated carbocycles. The van der Waals surface area contributed by atoms with Crippen molar-refractivity contribution in [2.45, 2.75) is 113 Å². The summed E-state index contributed by atoms with van der Waals surface area (Å²) in [6.45, 7) is 10.8. The number of fused-ring (bicyclic) bond motifs is 2. The zero-order valence-corrected chi connectivity index (χ0v) is 23.0. The number of hydrogen-bond acceptors (Lipinski definition) is 0. The van der Waals surface area contributed by atoms with Crippen LogP contribution in [0.5, 0.6) is 0 Å². The maximum Gasteiger partial charge on any atom is 0.0288 e. The third kappa shape index (κ3) is 4.18. The van der Waals surface area contributed by atoms with Crippen molar-refractivity contribution in [2.24, 2.45) is 35.5 Å². The van der Waals surface area contributed by atoms with E-state index in [-0.39, 0.29) is 0 Å². The molecule has 4 aliphatic carbocycles. The zero-order chi connectivity index (χ0) is 19.1. The first kappa shape index (κ1) is 21.4. The van der Waals surface area contributed by atoms with Crippen molar-refractivity contribution in [3.8, 4) is 0 Å². The van der Waals surface area contributed by atoms with Gasteiger partial charge in [0.25, 0.3) is 0 Å². The summed E-state index contributed by atoms with van der Waals surface area (Å²) < 4.78 is 1.03. The predicted octanol–water partition coefficient (Wildman–Crippen LogP) is 7.41. The molecule has 0 saturated heterocycles. The smallest absolute Gasteiger partial charge is 0.0288 e. The lowest BCUT2D eigenvalue weighted by Crippen LogP contribution is -2.44. The minimum Gasteiger partial charge on any atom is -0.0820 e. The molecule has 4 aliphatic rings. The molecule has 0 bridgehead atoms. The molecule has 0 aromatic carbocycles. The van der Waals surface area contributed by atoms with Crippen LogP contribution in [-0.4, -0.2) is 20.6 Å². The minimum absolute atomic E-state index is 0.493. The Morgan fingerprint density at radius 2 is 1.70 bits per heavy atom. The van der Waals surface area contributed by atoms with Crippen LogP contribution < -0.4 is 0 Å². The van der Waals surface area contributed by atoms with Gasteiger partial charge < -0.3 is 0 Å². The normalized spacial score (nSPS) is 49.0. The summed E-state index contributed by atoms with van der Waals surface area (Å²) in [6, 6.07) is 0. The molecule has 0 radical (unpaired) electrons. The van der Waals surface area contributed by atoms with Crippen molar-refractivity contribution in [3.05, 3.63) is 0 Å². The molecule has 4 rings (SSSR count). The van der Waals surface area contributed by atoms with Crippen LogP contribution in [0.3, 0.4) is 0 Å². The molecule has 11 unspecified atom stereocenters. The summed E-state index contributed by atoms with van der Waals surface area (Å²) in [7, 11) is -1.03. The molecule has 156 valence electrons. The largest absolute Gasteiger partial charge is 0.0820 e. The monoisotopic (exact) mass is 516 g/mol. The molecule has 11 atom stereocenters. The second-order valence-corrected chi connectivity index (χ2v) is 24.3. The molecule has 0 aromatic rings. The van der Waals surface area contributed by atoms with Gasteiger partial charge in [0.1, 0.15) is 0 Å². The maximum absolute atomic E-state index is 2.93. The third-order valence-electron chi connectivity index (χ3n) is 10.2. The van der Waals surface area contributed by atoms with Crippen LogP contribution in [0, 0.1) is 35.5 Å². The van der Waals surface area contributed by atoms with E-state index in [2.05, 4.69) is 49.5 Å². The van der Waals surface area contributed by atoms with Crippen LogP contribution in [-0.2, 0) is 0 Å². The molecular weight excluding hydrogens is 471 g/mol. The van der Waals surface area contributed by atoms with Gasteiger partial charge in [-0.1, -0.05) is 106 Å². The average molecular weight is 517 g/mol. The van der Waals surface area contributed by atoms with Crippen LogP contribution in [0.25, 0.3) is 0 Å². The van der Waals surface area contributed by atoms with Gasteiger partial charge in [0.2, 0.25) is 0 Å². The summed E-state index contributed by atoms with van der Waals surface area (Å²) in [6.07, 6.45) is 17.3. The van der Waals surface area contributed by atoms with Gasteiger partial charge in [-0.25, -0.2) is 0 Å². The van der Waals surface area contributed by atoms with Gasteiger partial charge in [-0.2, -0.15) is 0 Å². The Hall–Kier alpha value is 1.16. The van der Waals surface area contributed by atoms with Gasteiger partial charge in [-0.15, -0.1) is 0 Å². The van der Waals surface area contributed by atoms with E-state index in [4.69, 9.17) is 0 Å². The second-order valence-electron chi connectivity index (χ2n) is 11.5. The fraction of sp³-hybridized carbons (Fsp3) is 1.00. The lowest BCUT2D eigenvalue weighted by molar-refractivity contribution is 0.173. The van der Waals surface area contributed by atoms with Gasteiger partial charge in [-0.05, 0) is 60.3 Å². The summed E-state index contributed by atoms with van der Waals surface area (Å²) in [5.74, 6) is 6.71. The van der Waals surface area contributed by atoms with E-state index < -0.39 is 16.6 Å². The van der Waals surface area contributed by atoms with Gasteiger partial charge in [-0.3, -0.25) is 0 Å². The van der Waals surface area contributed by atoms with Gasteiger partial charge in [0.05, 0.1) is 0 Å². The topological polar surface area (TPSA) is 0 Å². The summed E-state index contributed by atoms with van der Waals surface area (Å²) in [4.78, 5) is 0. The molecule has 0 heterocycles. The highest BCUT2D eigenvalue weighted by atomic mass is 127. The molecule has 4 fully saturated rings. The molecule has 0 aromatic heterocycles. The Labute approximate surface area is 186 Å². The van der Waals surface area contributed by atoms with E-state index in [1.54, 1.807) is 57.8 Å². The Bertz CT molecular complexity index is 497. The number of halogens is 1. The number of hydrogen-bond donors (Lipinski definition) is 0. The SMILES string of the molecule is CCCCC1CCC([SiH](C)[SiH](C)C2C(C)CC3C(I)C4CCCC4CC32)C1. The molecule has 0 amide bonds. The lowest BCUT2D eigenvalue weighted by Gasteiger charge is -2.43. The van der Waals surface area contributed by atoms with Gasteiger partial charge in [0.15, 0.2) is 0 Å². The van der Waals surface area contributed by atoms with Crippen LogP contribution >= 0.6 is 22.6 Å². The van der Waals surface area contributed by atoms with E-state index in [0.29, 0.717) is 0 Å². The van der Waals surface area contributed by atoms with Crippen molar-refractivity contribution in [1.29, 1.82) is 0 Å². The van der Waals surface area contributed by atoms with Crippen LogP contribution in [0.4, 0.5) is 0 Å². The summed E-state index contributed by atoms with van der Waals surface area (Å²) >= 11 is 2.93. The van der Waals surface area contributed by atoms with Crippen molar-refractivity contribution in [3.63, 3.8) is 0 Å². The molecule has 0 aliphatic heterocycles. The Kier molecular flexibility index (Phi) is 7.22. The minimum atomic E-state index is -0.538. The van der Waals surface area contributed by atoms with E-state index >= 15 is 0 Å². The zero-order valence-electron chi connectivity index (χ0n) is 18.5. The highest BCUT2D eigenvalue weighted by Crippen LogP contribution is 2.61. The summed E-state index contributed by atoms with van der Waals surface area (Å²) in [5.41, 5.74) is 2.46. The van der Waals surface area contributed by atoms with E-state index in [9.17, 15) is 0 Å². The maximum atomic E-state index is 2.93. The number of unbranched alkanes of at least 4 members (excludes halogenated alkanes) is 1. The molecule has 0 nitrogen and oxygen atoms in total. The highest BCUT2D eigenvalue weighted by Gasteiger charge is 2.54. The molecule has 0 spiro atoms. The first-order valence-corrected chi connectivity index (χ1v) is 20.2. The van der Waals surface area contributed by atoms with Gasteiger partial charge in [0, 0.05) is 20.6 Å². The Morgan fingerprint density at radius 1 is 0.889 bits per heavy atom. The quantitative estimate of drug-likeness (QED) is 0.196. The third-order valence-corrected chi connectivity index (χ3v) is 26.1. The molecule has 0 N–H and O–H groups in total. The van der Waals surface area contributed by atoms with Crippen LogP contribution in [0.15, 0.2) is 0 Å². The average Bonchev–Trinajstić information content (AvgIpc) is 3.37. The van der Waals surface area contributed by atoms with Crippen molar-refractivity contribution in [1.82, 2.24) is 0 Å². The molecule has 27 heavy (non-hydrogen) atoms. The number of alkyl halides is 1. The van der Waals surface area contributed by atoms with Gasteiger partial charge >= 0.3 is 0 Å². The standard InChI is InChI=1S/C24H45ISi2/c1-5-6-8-17-11-12-19(14-17)26(3)27(4)24-16(2)13-21-22(24)15-18-9-7-10-20(18)23(21)25/h16-24,26-27H,5-15H2,1-4H3.